The number of cyclic esters (lactones) is 1. The second-order valence-corrected chi connectivity index (χ2v) is 20.2. The smallest absolute Gasteiger partial charge is 0.508 e. The predicted molar refractivity (Wildman–Crippen MR) is 245 cm³/mol. The minimum absolute atomic E-state index is 0.0289. The number of nitrogens with zero attached hydrogens (tertiary/aromatic N) is 3. The molecule has 4 aliphatic rings. The number of likely N-dealkylation sites (N-methyl/N-ethyl adjacent to an activating group) is 2. The largest absolute Gasteiger partial charge is 0.509 e. The zero-order chi connectivity index (χ0) is 49.8. The van der Waals surface area contributed by atoms with Crippen molar-refractivity contribution in [3.63, 3.8) is 0 Å². The molecule has 0 bridgehead atoms. The van der Waals surface area contributed by atoms with Crippen LogP contribution in [0.25, 0.3) is 0 Å². The molecule has 1 unspecified atom stereocenters. The molecule has 4 fully saturated rings. The van der Waals surface area contributed by atoms with E-state index in [1.54, 1.807) is 58.9 Å². The molecule has 4 aliphatic heterocycles. The molecule has 1 amide bonds. The minimum atomic E-state index is -1.62. The molecule has 0 aliphatic carbocycles. The van der Waals surface area contributed by atoms with Crippen LogP contribution in [0.2, 0.25) is 0 Å². The van der Waals surface area contributed by atoms with Crippen molar-refractivity contribution in [3.05, 3.63) is 29.8 Å². The summed E-state index contributed by atoms with van der Waals surface area (Å²) < 4.78 is 56.4. The quantitative estimate of drug-likeness (QED) is 0.102. The molecular formula is C48H78N4O15. The molecule has 1 aromatic carbocycles. The van der Waals surface area contributed by atoms with Gasteiger partial charge in [-0.1, -0.05) is 32.9 Å². The number of nitrogens with one attached hydrogen (secondary N) is 1. The molecule has 0 aromatic heterocycles. The van der Waals surface area contributed by atoms with Crippen molar-refractivity contribution in [3.8, 4) is 5.75 Å². The lowest BCUT2D eigenvalue weighted by atomic mass is 9.77. The summed E-state index contributed by atoms with van der Waals surface area (Å²) in [6, 6.07) is 5.90. The molecule has 380 valence electrons. The number of aliphatic hydroxyl groups is 2. The molecule has 19 heteroatoms. The first-order valence-corrected chi connectivity index (χ1v) is 23.6. The standard InChI is InChI=1S/C48H78N4O15/c1-15-35-48(10)40(66-45(57)67-48)30(6)52(13)25-26(2)23-46(8,58)39(64-43-37(54)34(51(11)12)22-27(3)60-43)28(4)38(29(5)42(55)62-35)63-36-24-47(9,59-14)41(31(7)61-36)65-44(56)50-49-21-20-32-16-18-33(53)19-17-32/h16-19,21,26-31,34-41,43,53-54,58H,15,20,22-25H2,1-14H3,(H,50,56)/b49-21+/t26-,27-,28+,29-,30-,31+,34+,35-,36+,37-,38+,39-,40-,41?,43+,46-,47-,48-/m1/s1. The summed E-state index contributed by atoms with van der Waals surface area (Å²) in [5, 5.41) is 38.1. The topological polar surface area (TPSA) is 226 Å². The Kier molecular flexibility index (Phi) is 18.1. The summed E-state index contributed by atoms with van der Waals surface area (Å²) in [6.07, 6.45) is -8.02. The number of aliphatic hydroxyl groups excluding tert-OH is 1. The molecule has 0 saturated carbocycles. The van der Waals surface area contributed by atoms with Gasteiger partial charge in [0.1, 0.15) is 23.6 Å². The van der Waals surface area contributed by atoms with Crippen molar-refractivity contribution in [2.75, 3.05) is 34.8 Å². The van der Waals surface area contributed by atoms with Gasteiger partial charge in [0.05, 0.1) is 35.9 Å². The highest BCUT2D eigenvalue weighted by molar-refractivity contribution is 5.73. The van der Waals surface area contributed by atoms with Gasteiger partial charge >= 0.3 is 18.2 Å². The Morgan fingerprint density at radius 1 is 1.00 bits per heavy atom. The number of phenolic OH excluding ortho intramolecular Hbond substituents is 1. The van der Waals surface area contributed by atoms with Crippen LogP contribution in [0.4, 0.5) is 9.59 Å². The highest BCUT2D eigenvalue weighted by Crippen LogP contribution is 2.42. The molecule has 4 heterocycles. The number of amides is 1. The van der Waals surface area contributed by atoms with E-state index in [1.165, 1.54) is 13.3 Å². The van der Waals surface area contributed by atoms with E-state index in [9.17, 15) is 29.7 Å². The Morgan fingerprint density at radius 3 is 2.30 bits per heavy atom. The molecule has 0 spiro atoms. The fourth-order valence-electron chi connectivity index (χ4n) is 10.6. The summed E-state index contributed by atoms with van der Waals surface area (Å²) in [6.45, 7) is 18.5. The molecule has 67 heavy (non-hydrogen) atoms. The van der Waals surface area contributed by atoms with E-state index in [4.69, 9.17) is 42.6 Å². The van der Waals surface area contributed by atoms with E-state index in [-0.39, 0.29) is 49.1 Å². The van der Waals surface area contributed by atoms with E-state index in [0.29, 0.717) is 19.4 Å². The van der Waals surface area contributed by atoms with Gasteiger partial charge in [0.2, 0.25) is 0 Å². The van der Waals surface area contributed by atoms with Crippen LogP contribution in [0, 0.1) is 17.8 Å². The minimum Gasteiger partial charge on any atom is -0.508 e. The third kappa shape index (κ3) is 12.8. The van der Waals surface area contributed by atoms with Crippen LogP contribution in [0.1, 0.15) is 100 Å². The first kappa shape index (κ1) is 54.3. The molecule has 19 nitrogen and oxygen atoms in total. The SMILES string of the molecule is CC[C@H]1OC(=O)[C@H](C)[C@@H](O[C@H]2C[C@@](C)(OC)C(OC(=O)N/N=C/Cc3ccc(O)cc3)[C@H](C)O2)[C@H](C)[C@@H](O[C@@H]2O[C@H](C)C[C@H](N(C)C)[C@H]2O)[C@](C)(O)C[C@@H](C)CN(C)[C@H](C)[C@H]2OC(=O)O[C@@]21C. The third-order valence-electron chi connectivity index (χ3n) is 14.4. The predicted octanol–water partition coefficient (Wildman–Crippen LogP) is 4.75. The number of hydrogen-bond acceptors (Lipinski definition) is 18. The number of hydrazone groups is 1. The maximum atomic E-state index is 14.7. The van der Waals surface area contributed by atoms with E-state index in [0.717, 1.165) is 5.56 Å². The fourth-order valence-corrected chi connectivity index (χ4v) is 10.6. The molecule has 0 radical (unpaired) electrons. The number of aromatic hydroxyl groups is 1. The number of methoxy groups -OCH3 is 1. The number of ether oxygens (including phenoxy) is 9. The zero-order valence-corrected chi connectivity index (χ0v) is 41.9. The molecule has 1 aromatic rings. The van der Waals surface area contributed by atoms with Gasteiger partial charge in [0.15, 0.2) is 30.4 Å². The van der Waals surface area contributed by atoms with Gasteiger partial charge in [0.25, 0.3) is 0 Å². The highest BCUT2D eigenvalue weighted by atomic mass is 16.8. The van der Waals surface area contributed by atoms with Crippen molar-refractivity contribution in [1.29, 1.82) is 0 Å². The second kappa shape index (κ2) is 22.4. The summed E-state index contributed by atoms with van der Waals surface area (Å²) in [7, 11) is 7.15. The lowest BCUT2D eigenvalue weighted by molar-refractivity contribution is -0.317. The summed E-state index contributed by atoms with van der Waals surface area (Å²) in [4.78, 5) is 44.6. The van der Waals surface area contributed by atoms with Crippen molar-refractivity contribution in [1.82, 2.24) is 15.2 Å². The average Bonchev–Trinajstić information content (AvgIpc) is 3.57. The Labute approximate surface area is 396 Å². The number of fused-ring (bicyclic) bond motifs is 1. The maximum Gasteiger partial charge on any atom is 0.509 e. The monoisotopic (exact) mass is 951 g/mol. The second-order valence-electron chi connectivity index (χ2n) is 20.2. The number of phenols is 1. The van der Waals surface area contributed by atoms with E-state index in [2.05, 4.69) is 10.5 Å². The van der Waals surface area contributed by atoms with E-state index in [1.807, 2.05) is 65.6 Å². The Hall–Kier alpha value is -3.66. The van der Waals surface area contributed by atoms with Crippen molar-refractivity contribution in [2.45, 2.75) is 192 Å². The van der Waals surface area contributed by atoms with Crippen molar-refractivity contribution >= 4 is 24.4 Å². The van der Waals surface area contributed by atoms with Crippen LogP contribution in [0.15, 0.2) is 29.4 Å². The van der Waals surface area contributed by atoms with Gasteiger partial charge in [-0.2, -0.15) is 5.10 Å². The summed E-state index contributed by atoms with van der Waals surface area (Å²) >= 11 is 0. The lowest BCUT2D eigenvalue weighted by Crippen LogP contribution is -2.61. The third-order valence-corrected chi connectivity index (χ3v) is 14.4. The van der Waals surface area contributed by atoms with Crippen LogP contribution >= 0.6 is 0 Å². The number of hydrogen-bond donors (Lipinski definition) is 4. The maximum absolute atomic E-state index is 14.7. The summed E-state index contributed by atoms with van der Waals surface area (Å²) in [5.41, 5.74) is -0.888. The zero-order valence-electron chi connectivity index (χ0n) is 41.9. The highest BCUT2D eigenvalue weighted by Gasteiger charge is 2.58. The van der Waals surface area contributed by atoms with Gasteiger partial charge in [0, 0.05) is 50.7 Å². The number of carbonyl (C=O) groups is 3. The van der Waals surface area contributed by atoms with Gasteiger partial charge < -0.3 is 62.9 Å². The van der Waals surface area contributed by atoms with Crippen LogP contribution in [-0.4, -0.2) is 175 Å². The van der Waals surface area contributed by atoms with Gasteiger partial charge in [-0.15, -0.1) is 0 Å². The number of rotatable bonds is 11. The first-order valence-electron chi connectivity index (χ1n) is 23.6. The van der Waals surface area contributed by atoms with Gasteiger partial charge in [-0.3, -0.25) is 9.69 Å². The Bertz CT molecular complexity index is 1840. The molecule has 4 N–H and O–H groups in total. The molecule has 18 atom stereocenters. The Morgan fingerprint density at radius 2 is 1.67 bits per heavy atom. The van der Waals surface area contributed by atoms with Crippen molar-refractivity contribution < 1.29 is 72.3 Å². The van der Waals surface area contributed by atoms with Crippen LogP contribution in [0.5, 0.6) is 5.75 Å². The number of carbonyl (C=O) groups excluding carboxylic acids is 3. The van der Waals surface area contributed by atoms with Gasteiger partial charge in [-0.05, 0) is 112 Å². The Balaban J connectivity index is 1.48. The fraction of sp³-hybridized carbons (Fsp3) is 0.792. The van der Waals surface area contributed by atoms with E-state index < -0.39 is 102 Å². The normalized spacial score (nSPS) is 41.7. The molecule has 4 saturated heterocycles. The first-order chi connectivity index (χ1) is 31.3. The van der Waals surface area contributed by atoms with Gasteiger partial charge in [-0.25, -0.2) is 15.0 Å². The lowest BCUT2D eigenvalue weighted by Gasteiger charge is -2.49. The molecular weight excluding hydrogens is 873 g/mol. The summed E-state index contributed by atoms with van der Waals surface area (Å²) in [5.74, 6) is -2.58. The number of esters is 1. The van der Waals surface area contributed by atoms with Crippen molar-refractivity contribution in [2.24, 2.45) is 22.9 Å². The van der Waals surface area contributed by atoms with Crippen LogP contribution < -0.4 is 5.43 Å². The number of benzene rings is 1. The van der Waals surface area contributed by atoms with E-state index >= 15 is 0 Å². The molecule has 5 rings (SSSR count). The van der Waals surface area contributed by atoms with Crippen LogP contribution in [0.3, 0.4) is 0 Å². The van der Waals surface area contributed by atoms with Crippen LogP contribution in [-0.2, 0) is 53.8 Å². The average molecular weight is 951 g/mol.